The van der Waals surface area contributed by atoms with E-state index >= 15 is 0 Å². The van der Waals surface area contributed by atoms with Crippen molar-refractivity contribution >= 4 is 57.1 Å². The summed E-state index contributed by atoms with van der Waals surface area (Å²) in [6.07, 6.45) is 3.38. The minimum Gasteiger partial charge on any atom is -0.461 e. The van der Waals surface area contributed by atoms with Gasteiger partial charge in [0.2, 0.25) is 0 Å². The van der Waals surface area contributed by atoms with Crippen LogP contribution in [-0.2, 0) is 9.47 Å². The van der Waals surface area contributed by atoms with Crippen molar-refractivity contribution in [2.24, 2.45) is 0 Å². The van der Waals surface area contributed by atoms with E-state index in [0.29, 0.717) is 18.8 Å². The lowest BCUT2D eigenvalue weighted by atomic mass is 10.4. The molecule has 0 fully saturated rings. The third kappa shape index (κ3) is 4.34. The standard InChI is InChI=1S/C17H15I2N5O4/c1-3-27-16(25)14-10(18)8-23(21-14)12-6-5-7-13(20-12)24-9-11(19)15(22-24)17(26)28-4-2/h5-9H,3-4H2,1-2H3. The van der Waals surface area contributed by atoms with Gasteiger partial charge in [-0.15, -0.1) is 0 Å². The van der Waals surface area contributed by atoms with Crippen LogP contribution in [0.4, 0.5) is 0 Å². The fourth-order valence-corrected chi connectivity index (χ4v) is 3.47. The first kappa shape index (κ1) is 20.7. The third-order valence-electron chi connectivity index (χ3n) is 3.47. The van der Waals surface area contributed by atoms with Gasteiger partial charge in [0.1, 0.15) is 0 Å². The van der Waals surface area contributed by atoms with Crippen molar-refractivity contribution in [1.82, 2.24) is 24.5 Å². The van der Waals surface area contributed by atoms with E-state index < -0.39 is 11.9 Å². The smallest absolute Gasteiger partial charge is 0.359 e. The lowest BCUT2D eigenvalue weighted by Gasteiger charge is -2.04. The fraction of sp³-hybridized carbons (Fsp3) is 0.235. The average molecular weight is 607 g/mol. The van der Waals surface area contributed by atoms with Gasteiger partial charge in [0.15, 0.2) is 23.0 Å². The van der Waals surface area contributed by atoms with Gasteiger partial charge in [0, 0.05) is 12.4 Å². The first-order valence-corrected chi connectivity index (χ1v) is 10.4. The summed E-state index contributed by atoms with van der Waals surface area (Å²) in [4.78, 5) is 28.5. The molecule has 0 amide bonds. The molecule has 0 bridgehead atoms. The molecule has 0 aliphatic rings. The summed E-state index contributed by atoms with van der Waals surface area (Å²) in [5.41, 5.74) is 0.459. The normalized spacial score (nSPS) is 10.7. The van der Waals surface area contributed by atoms with Gasteiger partial charge in [-0.25, -0.2) is 23.9 Å². The molecule has 0 saturated heterocycles. The van der Waals surface area contributed by atoms with Gasteiger partial charge in [-0.05, 0) is 71.2 Å². The molecule has 3 aromatic heterocycles. The number of hydrogen-bond donors (Lipinski definition) is 0. The van der Waals surface area contributed by atoms with Crippen molar-refractivity contribution in [1.29, 1.82) is 0 Å². The predicted octanol–water partition coefficient (Wildman–Crippen LogP) is 3.02. The van der Waals surface area contributed by atoms with Crippen LogP contribution in [0.15, 0.2) is 30.6 Å². The molecule has 3 aromatic rings. The Morgan fingerprint density at radius 3 is 1.71 bits per heavy atom. The number of rotatable bonds is 6. The highest BCUT2D eigenvalue weighted by molar-refractivity contribution is 14.1. The molecule has 0 spiro atoms. The topological polar surface area (TPSA) is 101 Å². The lowest BCUT2D eigenvalue weighted by molar-refractivity contribution is 0.0508. The average Bonchev–Trinajstić information content (AvgIpc) is 3.25. The highest BCUT2D eigenvalue weighted by Crippen LogP contribution is 2.18. The molecule has 3 heterocycles. The van der Waals surface area contributed by atoms with E-state index in [1.165, 1.54) is 9.36 Å². The van der Waals surface area contributed by atoms with Crippen molar-refractivity contribution in [2.45, 2.75) is 13.8 Å². The molecule has 3 rings (SSSR count). The predicted molar refractivity (Wildman–Crippen MR) is 116 cm³/mol. The number of nitrogens with zero attached hydrogens (tertiary/aromatic N) is 5. The van der Waals surface area contributed by atoms with Crippen LogP contribution in [0.3, 0.4) is 0 Å². The summed E-state index contributed by atoms with van der Waals surface area (Å²) >= 11 is 4.05. The number of pyridine rings is 1. The number of esters is 2. The molecule has 0 aliphatic carbocycles. The van der Waals surface area contributed by atoms with Gasteiger partial charge in [0.25, 0.3) is 0 Å². The van der Waals surface area contributed by atoms with Crippen molar-refractivity contribution < 1.29 is 19.1 Å². The van der Waals surface area contributed by atoms with Gasteiger partial charge in [-0.2, -0.15) is 10.2 Å². The summed E-state index contributed by atoms with van der Waals surface area (Å²) < 4.78 is 14.3. The molecular weight excluding hydrogens is 592 g/mol. The second-order valence-corrected chi connectivity index (χ2v) is 7.66. The molecule has 28 heavy (non-hydrogen) atoms. The zero-order valence-electron chi connectivity index (χ0n) is 14.9. The third-order valence-corrected chi connectivity index (χ3v) is 5.04. The molecule has 0 N–H and O–H groups in total. The van der Waals surface area contributed by atoms with Gasteiger partial charge in [-0.1, -0.05) is 6.07 Å². The van der Waals surface area contributed by atoms with Gasteiger partial charge in [-0.3, -0.25) is 0 Å². The summed E-state index contributed by atoms with van der Waals surface area (Å²) in [5.74, 6) is 0.0216. The number of hydrogen-bond acceptors (Lipinski definition) is 7. The van der Waals surface area contributed by atoms with Gasteiger partial charge < -0.3 is 9.47 Å². The number of carbonyl (C=O) groups excluding carboxylic acids is 2. The minimum atomic E-state index is -0.484. The molecule has 0 aromatic carbocycles. The maximum atomic E-state index is 12.0. The largest absolute Gasteiger partial charge is 0.461 e. The number of ether oxygens (including phenoxy) is 2. The Morgan fingerprint density at radius 1 is 0.893 bits per heavy atom. The SMILES string of the molecule is CCOC(=O)c1nn(-c2cccc(-n3cc(I)c(C(=O)OCC)n3)n2)cc1I. The van der Waals surface area contributed by atoms with Crippen LogP contribution in [0.25, 0.3) is 11.6 Å². The van der Waals surface area contributed by atoms with Gasteiger partial charge >= 0.3 is 11.9 Å². The highest BCUT2D eigenvalue weighted by atomic mass is 127. The zero-order chi connectivity index (χ0) is 20.3. The van der Waals surface area contributed by atoms with Crippen molar-refractivity contribution in [3.63, 3.8) is 0 Å². The van der Waals surface area contributed by atoms with Gasteiger partial charge in [0.05, 0.1) is 20.4 Å². The van der Waals surface area contributed by atoms with Crippen LogP contribution in [0.2, 0.25) is 0 Å². The fourth-order valence-electron chi connectivity index (χ4n) is 2.28. The van der Waals surface area contributed by atoms with E-state index in [1.807, 2.05) is 45.2 Å². The maximum absolute atomic E-state index is 12.0. The first-order chi connectivity index (χ1) is 13.4. The summed E-state index contributed by atoms with van der Waals surface area (Å²) in [5, 5.41) is 8.55. The Hall–Kier alpha value is -2.03. The molecule has 9 nitrogen and oxygen atoms in total. The van der Waals surface area contributed by atoms with Crippen molar-refractivity contribution in [3.05, 3.63) is 49.1 Å². The molecule has 0 radical (unpaired) electrons. The number of carbonyl (C=O) groups is 2. The van der Waals surface area contributed by atoms with E-state index in [0.717, 1.165) is 0 Å². The lowest BCUT2D eigenvalue weighted by Crippen LogP contribution is -2.09. The number of aromatic nitrogens is 5. The summed E-state index contributed by atoms with van der Waals surface area (Å²) in [6.45, 7) is 4.03. The van der Waals surface area contributed by atoms with E-state index in [-0.39, 0.29) is 24.6 Å². The van der Waals surface area contributed by atoms with Crippen LogP contribution in [0, 0.1) is 7.14 Å². The summed E-state index contributed by atoms with van der Waals surface area (Å²) in [7, 11) is 0. The monoisotopic (exact) mass is 607 g/mol. The Balaban J connectivity index is 1.94. The maximum Gasteiger partial charge on any atom is 0.359 e. The van der Waals surface area contributed by atoms with Crippen LogP contribution in [0.1, 0.15) is 34.8 Å². The van der Waals surface area contributed by atoms with Crippen molar-refractivity contribution in [3.8, 4) is 11.6 Å². The highest BCUT2D eigenvalue weighted by Gasteiger charge is 2.19. The van der Waals surface area contributed by atoms with E-state index in [4.69, 9.17) is 9.47 Å². The van der Waals surface area contributed by atoms with Crippen LogP contribution in [-0.4, -0.2) is 49.7 Å². The van der Waals surface area contributed by atoms with Crippen LogP contribution < -0.4 is 0 Å². The van der Waals surface area contributed by atoms with E-state index in [9.17, 15) is 9.59 Å². The molecule has 11 heteroatoms. The minimum absolute atomic E-state index is 0.230. The Bertz CT molecular complexity index is 953. The molecule has 0 aliphatic heterocycles. The molecule has 0 saturated carbocycles. The summed E-state index contributed by atoms with van der Waals surface area (Å²) in [6, 6.07) is 5.29. The van der Waals surface area contributed by atoms with E-state index in [2.05, 4.69) is 15.2 Å². The molecule has 146 valence electrons. The Morgan fingerprint density at radius 2 is 1.32 bits per heavy atom. The quantitative estimate of drug-likeness (QED) is 0.314. The zero-order valence-corrected chi connectivity index (χ0v) is 19.2. The first-order valence-electron chi connectivity index (χ1n) is 8.27. The molecule has 0 atom stereocenters. The number of halogens is 2. The van der Waals surface area contributed by atoms with Crippen molar-refractivity contribution in [2.75, 3.05) is 13.2 Å². The van der Waals surface area contributed by atoms with E-state index in [1.54, 1.807) is 44.4 Å². The van der Waals surface area contributed by atoms with Crippen LogP contribution >= 0.6 is 45.2 Å². The molecular formula is C17H15I2N5O4. The molecule has 0 unspecified atom stereocenters. The Labute approximate surface area is 187 Å². The van der Waals surface area contributed by atoms with Crippen LogP contribution in [0.5, 0.6) is 0 Å². The Kier molecular flexibility index (Phi) is 6.64. The second-order valence-electron chi connectivity index (χ2n) is 5.34. The second kappa shape index (κ2) is 8.98.